The molecule has 6 heteroatoms. The number of piperidine rings is 1. The van der Waals surface area contributed by atoms with Gasteiger partial charge >= 0.3 is 0 Å². The van der Waals surface area contributed by atoms with Crippen LogP contribution in [0.3, 0.4) is 0 Å². The molecule has 1 fully saturated rings. The number of nitrogens with one attached hydrogen (secondary N) is 1. The fourth-order valence-electron chi connectivity index (χ4n) is 4.01. The van der Waals surface area contributed by atoms with Crippen LogP contribution in [-0.4, -0.2) is 68.3 Å². The summed E-state index contributed by atoms with van der Waals surface area (Å²) in [6.45, 7) is 6.34. The average molecular weight is 430 g/mol. The van der Waals surface area contributed by atoms with Crippen LogP contribution in [0.4, 0.5) is 4.39 Å². The molecule has 170 valence electrons. The van der Waals surface area contributed by atoms with E-state index in [1.54, 1.807) is 4.90 Å². The van der Waals surface area contributed by atoms with Gasteiger partial charge in [0.15, 0.2) is 0 Å². The Hall–Kier alpha value is -2.34. The van der Waals surface area contributed by atoms with E-state index in [1.807, 2.05) is 46.1 Å². The Morgan fingerprint density at radius 2 is 1.97 bits per heavy atom. The fraction of sp³-hybridized carbons (Fsp3) is 0.560. The van der Waals surface area contributed by atoms with Gasteiger partial charge in [-0.25, -0.2) is 4.39 Å². The number of carbonyl (C=O) groups excluding carboxylic acids is 1. The zero-order chi connectivity index (χ0) is 22.4. The van der Waals surface area contributed by atoms with Gasteiger partial charge in [0.1, 0.15) is 18.0 Å². The van der Waals surface area contributed by atoms with Crippen molar-refractivity contribution in [1.82, 2.24) is 15.1 Å². The van der Waals surface area contributed by atoms with Crippen molar-refractivity contribution in [3.05, 3.63) is 58.5 Å². The van der Waals surface area contributed by atoms with Crippen LogP contribution in [0.15, 0.2) is 41.8 Å². The summed E-state index contributed by atoms with van der Waals surface area (Å²) in [7, 11) is 4.08. The molecule has 0 aromatic heterocycles. The highest BCUT2D eigenvalue weighted by Gasteiger charge is 2.35. The van der Waals surface area contributed by atoms with Crippen LogP contribution in [0, 0.1) is 13.8 Å². The standard InChI is InChI=1S/C25H36FN3O2/c1-19-8-9-21(16-20(19)2)24(30)29-13-10-25(26,11-14-29)18-27-12-15-31-23-7-5-6-22(17-23)28(3)4/h7-9,16-17,27H,5-6,10-15,18H2,1-4H3. The second-order valence-electron chi connectivity index (χ2n) is 8.94. The van der Waals surface area contributed by atoms with E-state index in [0.717, 1.165) is 24.2 Å². The van der Waals surface area contributed by atoms with Crippen molar-refractivity contribution in [2.75, 3.05) is 46.9 Å². The molecule has 1 aliphatic carbocycles. The topological polar surface area (TPSA) is 44.8 Å². The maximum absolute atomic E-state index is 15.2. The van der Waals surface area contributed by atoms with Gasteiger partial charge in [-0.1, -0.05) is 6.07 Å². The number of amides is 1. The number of aryl methyl sites for hydroxylation is 2. The summed E-state index contributed by atoms with van der Waals surface area (Å²) in [6, 6.07) is 5.76. The lowest BCUT2D eigenvalue weighted by molar-refractivity contribution is 0.0430. The largest absolute Gasteiger partial charge is 0.493 e. The molecule has 0 spiro atoms. The first-order valence-corrected chi connectivity index (χ1v) is 11.2. The van der Waals surface area contributed by atoms with Crippen molar-refractivity contribution in [2.45, 2.75) is 45.2 Å². The van der Waals surface area contributed by atoms with E-state index >= 15 is 4.39 Å². The van der Waals surface area contributed by atoms with E-state index in [0.29, 0.717) is 51.2 Å². The smallest absolute Gasteiger partial charge is 0.253 e. The number of likely N-dealkylation sites (tertiary alicyclic amines) is 1. The first-order chi connectivity index (χ1) is 14.8. The molecule has 0 atom stereocenters. The maximum atomic E-state index is 15.2. The van der Waals surface area contributed by atoms with E-state index in [-0.39, 0.29) is 5.91 Å². The van der Waals surface area contributed by atoms with Crippen LogP contribution in [0.25, 0.3) is 0 Å². The number of halogens is 1. The summed E-state index contributed by atoms with van der Waals surface area (Å²) in [4.78, 5) is 16.6. The minimum atomic E-state index is -1.28. The molecule has 0 bridgehead atoms. The Balaban J connectivity index is 1.38. The molecule has 1 heterocycles. The first-order valence-electron chi connectivity index (χ1n) is 11.2. The predicted octanol–water partition coefficient (Wildman–Crippen LogP) is 3.98. The van der Waals surface area contributed by atoms with Crippen LogP contribution < -0.4 is 5.32 Å². The molecule has 2 aliphatic rings. The molecule has 3 rings (SSSR count). The third-order valence-corrected chi connectivity index (χ3v) is 6.32. The molecular formula is C25H36FN3O2. The minimum absolute atomic E-state index is 0.00239. The van der Waals surface area contributed by atoms with Crippen LogP contribution in [0.2, 0.25) is 0 Å². The van der Waals surface area contributed by atoms with Crippen molar-refractivity contribution in [1.29, 1.82) is 0 Å². The SMILES string of the molecule is Cc1ccc(C(=O)N2CCC(F)(CNCCOC3=CCCC(N(C)C)=C3)CC2)cc1C. The van der Waals surface area contributed by atoms with Crippen molar-refractivity contribution < 1.29 is 13.9 Å². The number of allylic oxidation sites excluding steroid dienone is 3. The molecule has 5 nitrogen and oxygen atoms in total. The Morgan fingerprint density at radius 1 is 1.23 bits per heavy atom. The zero-order valence-corrected chi connectivity index (χ0v) is 19.3. The molecular weight excluding hydrogens is 393 g/mol. The van der Waals surface area contributed by atoms with E-state index in [2.05, 4.69) is 22.4 Å². The highest BCUT2D eigenvalue weighted by Crippen LogP contribution is 2.27. The molecule has 1 aromatic rings. The van der Waals surface area contributed by atoms with Gasteiger partial charge in [-0.3, -0.25) is 4.79 Å². The number of carbonyl (C=O) groups is 1. The number of nitrogens with zero attached hydrogens (tertiary/aromatic N) is 2. The molecule has 1 saturated heterocycles. The second-order valence-corrected chi connectivity index (χ2v) is 8.94. The number of rotatable bonds is 8. The van der Waals surface area contributed by atoms with Crippen LogP contribution in [-0.2, 0) is 4.74 Å². The Labute approximate surface area is 185 Å². The maximum Gasteiger partial charge on any atom is 0.253 e. The Kier molecular flexibility index (Phi) is 7.76. The van der Waals surface area contributed by atoms with Gasteiger partial charge < -0.3 is 19.9 Å². The summed E-state index contributed by atoms with van der Waals surface area (Å²) in [5, 5.41) is 3.20. The molecule has 31 heavy (non-hydrogen) atoms. The normalized spacial score (nSPS) is 18.3. The molecule has 1 N–H and O–H groups in total. The summed E-state index contributed by atoms with van der Waals surface area (Å²) < 4.78 is 21.0. The van der Waals surface area contributed by atoms with Gasteiger partial charge in [0.2, 0.25) is 0 Å². The van der Waals surface area contributed by atoms with Gasteiger partial charge in [-0.2, -0.15) is 0 Å². The van der Waals surface area contributed by atoms with Crippen LogP contribution >= 0.6 is 0 Å². The number of hydrogen-bond donors (Lipinski definition) is 1. The van der Waals surface area contributed by atoms with Crippen LogP contribution in [0.5, 0.6) is 0 Å². The summed E-state index contributed by atoms with van der Waals surface area (Å²) in [5.41, 5.74) is 2.94. The lowest BCUT2D eigenvalue weighted by Gasteiger charge is -2.36. The fourth-order valence-corrected chi connectivity index (χ4v) is 4.01. The number of ether oxygens (including phenoxy) is 1. The molecule has 1 aliphatic heterocycles. The Bertz CT molecular complexity index is 839. The highest BCUT2D eigenvalue weighted by molar-refractivity contribution is 5.94. The monoisotopic (exact) mass is 429 g/mol. The van der Waals surface area contributed by atoms with E-state index in [1.165, 1.54) is 11.3 Å². The van der Waals surface area contributed by atoms with E-state index in [4.69, 9.17) is 4.74 Å². The summed E-state index contributed by atoms with van der Waals surface area (Å²) >= 11 is 0. The van der Waals surface area contributed by atoms with Gasteiger partial charge in [0.05, 0.1) is 0 Å². The quantitative estimate of drug-likeness (QED) is 0.635. The number of hydrogen-bond acceptors (Lipinski definition) is 4. The lowest BCUT2D eigenvalue weighted by Crippen LogP contribution is -2.49. The highest BCUT2D eigenvalue weighted by atomic mass is 19.1. The van der Waals surface area contributed by atoms with Crippen LogP contribution in [0.1, 0.15) is 47.2 Å². The number of alkyl halides is 1. The van der Waals surface area contributed by atoms with Crippen molar-refractivity contribution in [3.63, 3.8) is 0 Å². The molecule has 0 saturated carbocycles. The molecule has 1 aromatic carbocycles. The van der Waals surface area contributed by atoms with Gasteiger partial charge in [0.25, 0.3) is 5.91 Å². The van der Waals surface area contributed by atoms with E-state index in [9.17, 15) is 4.79 Å². The predicted molar refractivity (Wildman–Crippen MR) is 123 cm³/mol. The Morgan fingerprint density at radius 3 is 2.65 bits per heavy atom. The third-order valence-electron chi connectivity index (χ3n) is 6.32. The summed E-state index contributed by atoms with van der Waals surface area (Å²) in [5.74, 6) is 0.891. The summed E-state index contributed by atoms with van der Waals surface area (Å²) in [6.07, 6.45) is 6.91. The average Bonchev–Trinajstić information content (AvgIpc) is 2.75. The lowest BCUT2D eigenvalue weighted by atomic mass is 9.92. The first kappa shape index (κ1) is 23.3. The third kappa shape index (κ3) is 6.33. The van der Waals surface area contributed by atoms with Gasteiger partial charge in [0, 0.05) is 64.4 Å². The second kappa shape index (κ2) is 10.3. The van der Waals surface area contributed by atoms with Gasteiger partial charge in [-0.15, -0.1) is 0 Å². The van der Waals surface area contributed by atoms with Gasteiger partial charge in [-0.05, 0) is 62.1 Å². The zero-order valence-electron chi connectivity index (χ0n) is 19.3. The van der Waals surface area contributed by atoms with Crippen molar-refractivity contribution in [3.8, 4) is 0 Å². The molecule has 0 radical (unpaired) electrons. The number of benzene rings is 1. The molecule has 0 unspecified atom stereocenters. The van der Waals surface area contributed by atoms with E-state index < -0.39 is 5.67 Å². The molecule has 1 amide bonds. The van der Waals surface area contributed by atoms with Crippen molar-refractivity contribution in [2.24, 2.45) is 0 Å². The minimum Gasteiger partial charge on any atom is -0.493 e. The van der Waals surface area contributed by atoms with Crippen molar-refractivity contribution >= 4 is 5.91 Å².